The van der Waals surface area contributed by atoms with E-state index < -0.39 is 11.8 Å². The fraction of sp³-hybridized carbons (Fsp3) is 0.286. The number of carbonyl (C=O) groups is 3. The van der Waals surface area contributed by atoms with Gasteiger partial charge in [0.25, 0.3) is 0 Å². The van der Waals surface area contributed by atoms with Crippen molar-refractivity contribution in [2.45, 2.75) is 13.3 Å². The Bertz CT molecular complexity index is 894. The van der Waals surface area contributed by atoms with Crippen LogP contribution in [0.1, 0.15) is 13.3 Å². The smallest absolute Gasteiger partial charge is 0.233 e. The number of rotatable bonds is 6. The number of nitrogens with one attached hydrogen (secondary N) is 3. The molecule has 3 N–H and O–H groups in total. The molecule has 8 heteroatoms. The Balaban J connectivity index is 1.58. The van der Waals surface area contributed by atoms with Crippen molar-refractivity contribution in [1.82, 2.24) is 0 Å². The molecule has 29 heavy (non-hydrogen) atoms. The van der Waals surface area contributed by atoms with Gasteiger partial charge in [-0.05, 0) is 30.3 Å². The van der Waals surface area contributed by atoms with E-state index in [2.05, 4.69) is 20.9 Å². The zero-order chi connectivity index (χ0) is 20.6. The van der Waals surface area contributed by atoms with Gasteiger partial charge in [0.15, 0.2) is 0 Å². The molecule has 1 heterocycles. The summed E-state index contributed by atoms with van der Waals surface area (Å²) in [5.41, 5.74) is 2.65. The monoisotopic (exact) mass is 396 g/mol. The van der Waals surface area contributed by atoms with Crippen molar-refractivity contribution < 1.29 is 19.1 Å². The van der Waals surface area contributed by atoms with Crippen molar-refractivity contribution in [3.8, 4) is 0 Å². The molecule has 0 aliphatic carbocycles. The summed E-state index contributed by atoms with van der Waals surface area (Å²) in [6, 6.07) is 14.3. The molecule has 2 aromatic carbocycles. The van der Waals surface area contributed by atoms with E-state index in [0.29, 0.717) is 30.3 Å². The number of carbonyl (C=O) groups excluding carboxylic acids is 3. The molecule has 3 amide bonds. The Morgan fingerprint density at radius 1 is 0.897 bits per heavy atom. The minimum absolute atomic E-state index is 0.202. The number of hydrogen-bond donors (Lipinski definition) is 3. The lowest BCUT2D eigenvalue weighted by Crippen LogP contribution is -2.36. The summed E-state index contributed by atoms with van der Waals surface area (Å²) in [6.45, 7) is 4.19. The summed E-state index contributed by atoms with van der Waals surface area (Å²) < 4.78 is 5.38. The van der Waals surface area contributed by atoms with Crippen molar-refractivity contribution in [3.05, 3.63) is 48.5 Å². The Hall–Kier alpha value is -3.39. The lowest BCUT2D eigenvalue weighted by molar-refractivity contribution is -0.123. The van der Waals surface area contributed by atoms with Crippen LogP contribution in [-0.4, -0.2) is 44.0 Å². The van der Waals surface area contributed by atoms with E-state index in [1.165, 1.54) is 6.92 Å². The van der Waals surface area contributed by atoms with E-state index in [1.807, 2.05) is 24.3 Å². The molecule has 0 unspecified atom stereocenters. The number of para-hydroxylation sites is 2. The highest BCUT2D eigenvalue weighted by atomic mass is 16.5. The second-order valence-corrected chi connectivity index (χ2v) is 6.65. The largest absolute Gasteiger partial charge is 0.378 e. The Morgan fingerprint density at radius 3 is 2.28 bits per heavy atom. The van der Waals surface area contributed by atoms with E-state index in [1.54, 1.807) is 24.3 Å². The van der Waals surface area contributed by atoms with Crippen LogP contribution in [0.15, 0.2) is 48.5 Å². The molecule has 0 atom stereocenters. The highest BCUT2D eigenvalue weighted by molar-refractivity contribution is 6.09. The van der Waals surface area contributed by atoms with Crippen molar-refractivity contribution in [2.24, 2.45) is 0 Å². The van der Waals surface area contributed by atoms with Gasteiger partial charge in [-0.15, -0.1) is 0 Å². The molecule has 8 nitrogen and oxygen atoms in total. The Morgan fingerprint density at radius 2 is 1.55 bits per heavy atom. The second kappa shape index (κ2) is 9.70. The van der Waals surface area contributed by atoms with Gasteiger partial charge in [0.1, 0.15) is 6.42 Å². The molecule has 0 saturated carbocycles. The fourth-order valence-corrected chi connectivity index (χ4v) is 3.08. The van der Waals surface area contributed by atoms with Crippen LogP contribution in [0.3, 0.4) is 0 Å². The van der Waals surface area contributed by atoms with Crippen molar-refractivity contribution in [1.29, 1.82) is 0 Å². The predicted octanol–water partition coefficient (Wildman–Crippen LogP) is 2.45. The molecule has 3 rings (SSSR count). The molecular weight excluding hydrogens is 372 g/mol. The van der Waals surface area contributed by atoms with Gasteiger partial charge in [-0.25, -0.2) is 0 Å². The van der Waals surface area contributed by atoms with Crippen LogP contribution in [0, 0.1) is 0 Å². The van der Waals surface area contributed by atoms with Crippen LogP contribution in [-0.2, 0) is 19.1 Å². The van der Waals surface area contributed by atoms with Gasteiger partial charge in [-0.2, -0.15) is 0 Å². The summed E-state index contributed by atoms with van der Waals surface area (Å²) in [5, 5.41) is 8.14. The zero-order valence-corrected chi connectivity index (χ0v) is 16.2. The molecule has 0 radical (unpaired) electrons. The molecule has 0 spiro atoms. The average Bonchev–Trinajstić information content (AvgIpc) is 2.68. The van der Waals surface area contributed by atoms with Gasteiger partial charge in [0.05, 0.1) is 24.6 Å². The van der Waals surface area contributed by atoms with E-state index in [9.17, 15) is 14.4 Å². The van der Waals surface area contributed by atoms with Crippen LogP contribution in [0.25, 0.3) is 0 Å². The topological polar surface area (TPSA) is 99.8 Å². The molecule has 1 aliphatic rings. The molecule has 2 aromatic rings. The first kappa shape index (κ1) is 20.3. The van der Waals surface area contributed by atoms with E-state index in [0.717, 1.165) is 18.8 Å². The first-order valence-corrected chi connectivity index (χ1v) is 9.40. The highest BCUT2D eigenvalue weighted by Gasteiger charge is 2.17. The standard InChI is InChI=1S/C21H24N4O4/c1-15(26)22-16-5-4-6-17(13-16)23-20(27)14-21(28)24-18-7-2-3-8-19(18)25-9-11-29-12-10-25/h2-8,13H,9-12,14H2,1H3,(H,22,26)(H,23,27)(H,24,28). The molecule has 1 saturated heterocycles. The predicted molar refractivity (Wildman–Crippen MR) is 112 cm³/mol. The summed E-state index contributed by atoms with van der Waals surface area (Å²) in [6.07, 6.45) is -0.318. The van der Waals surface area contributed by atoms with Crippen molar-refractivity contribution in [3.63, 3.8) is 0 Å². The van der Waals surface area contributed by atoms with Gasteiger partial charge < -0.3 is 25.6 Å². The molecule has 0 bridgehead atoms. The molecular formula is C21H24N4O4. The maximum absolute atomic E-state index is 12.4. The lowest BCUT2D eigenvalue weighted by Gasteiger charge is -2.30. The van der Waals surface area contributed by atoms with E-state index >= 15 is 0 Å². The molecule has 1 aliphatic heterocycles. The highest BCUT2D eigenvalue weighted by Crippen LogP contribution is 2.26. The van der Waals surface area contributed by atoms with Crippen LogP contribution < -0.4 is 20.9 Å². The van der Waals surface area contributed by atoms with Crippen molar-refractivity contribution >= 4 is 40.5 Å². The first-order chi connectivity index (χ1) is 14.0. The average molecular weight is 396 g/mol. The number of amides is 3. The third-order valence-electron chi connectivity index (χ3n) is 4.32. The second-order valence-electron chi connectivity index (χ2n) is 6.65. The minimum Gasteiger partial charge on any atom is -0.378 e. The summed E-state index contributed by atoms with van der Waals surface area (Å²) in [4.78, 5) is 37.9. The van der Waals surface area contributed by atoms with Gasteiger partial charge in [-0.1, -0.05) is 18.2 Å². The number of nitrogens with zero attached hydrogens (tertiary/aromatic N) is 1. The van der Waals surface area contributed by atoms with Gasteiger partial charge in [-0.3, -0.25) is 14.4 Å². The Labute approximate surface area is 169 Å². The molecule has 0 aromatic heterocycles. The van der Waals surface area contributed by atoms with Gasteiger partial charge >= 0.3 is 0 Å². The number of morpholine rings is 1. The summed E-state index contributed by atoms with van der Waals surface area (Å²) in [7, 11) is 0. The normalized spacial score (nSPS) is 13.5. The van der Waals surface area contributed by atoms with Gasteiger partial charge in [0.2, 0.25) is 17.7 Å². The maximum Gasteiger partial charge on any atom is 0.233 e. The van der Waals surface area contributed by atoms with Crippen LogP contribution >= 0.6 is 0 Å². The maximum atomic E-state index is 12.4. The third-order valence-corrected chi connectivity index (χ3v) is 4.32. The van der Waals surface area contributed by atoms with Gasteiger partial charge in [0, 0.05) is 31.4 Å². The van der Waals surface area contributed by atoms with Crippen LogP contribution in [0.2, 0.25) is 0 Å². The van der Waals surface area contributed by atoms with E-state index in [4.69, 9.17) is 4.74 Å². The Kier molecular flexibility index (Phi) is 6.80. The first-order valence-electron chi connectivity index (χ1n) is 9.40. The summed E-state index contributed by atoms with van der Waals surface area (Å²) in [5.74, 6) is -1.04. The molecule has 1 fully saturated rings. The zero-order valence-electron chi connectivity index (χ0n) is 16.2. The minimum atomic E-state index is -0.439. The van der Waals surface area contributed by atoms with Crippen LogP contribution in [0.4, 0.5) is 22.7 Å². The van der Waals surface area contributed by atoms with E-state index in [-0.39, 0.29) is 12.3 Å². The number of hydrogen-bond acceptors (Lipinski definition) is 5. The lowest BCUT2D eigenvalue weighted by atomic mass is 10.2. The quantitative estimate of drug-likeness (QED) is 0.652. The van der Waals surface area contributed by atoms with Crippen LogP contribution in [0.5, 0.6) is 0 Å². The number of anilines is 4. The number of ether oxygens (including phenoxy) is 1. The SMILES string of the molecule is CC(=O)Nc1cccc(NC(=O)CC(=O)Nc2ccccc2N2CCOCC2)c1. The van der Waals surface area contributed by atoms with Crippen molar-refractivity contribution in [2.75, 3.05) is 47.2 Å². The summed E-state index contributed by atoms with van der Waals surface area (Å²) >= 11 is 0. The fourth-order valence-electron chi connectivity index (χ4n) is 3.08. The molecule has 152 valence electrons. The third kappa shape index (κ3) is 6.05. The number of benzene rings is 2.